The third-order valence-electron chi connectivity index (χ3n) is 3.33. The average molecular weight is 311 g/mol. The number of aryl methyl sites for hydroxylation is 1. The highest BCUT2D eigenvalue weighted by molar-refractivity contribution is 7.89. The van der Waals surface area contributed by atoms with Crippen molar-refractivity contribution in [3.8, 4) is 0 Å². The molecular formula is C14H21N3O3S. The van der Waals surface area contributed by atoms with E-state index in [4.69, 9.17) is 0 Å². The lowest BCUT2D eigenvalue weighted by Crippen LogP contribution is -2.28. The minimum Gasteiger partial charge on any atom is -0.306 e. The number of aromatic amines is 1. The normalized spacial score (nSPS) is 12.0. The van der Waals surface area contributed by atoms with Gasteiger partial charge in [0.2, 0.25) is 10.0 Å². The summed E-state index contributed by atoms with van der Waals surface area (Å²) < 4.78 is 27.5. The van der Waals surface area contributed by atoms with Gasteiger partial charge in [-0.3, -0.25) is 4.57 Å². The molecular weight excluding hydrogens is 290 g/mol. The number of hydrogen-bond acceptors (Lipinski definition) is 3. The lowest BCUT2D eigenvalue weighted by atomic mass is 10.3. The minimum atomic E-state index is -3.18. The zero-order valence-electron chi connectivity index (χ0n) is 12.1. The molecule has 0 unspecified atom stereocenters. The quantitative estimate of drug-likeness (QED) is 0.724. The van der Waals surface area contributed by atoms with Crippen molar-refractivity contribution in [2.75, 3.05) is 12.3 Å². The van der Waals surface area contributed by atoms with Crippen LogP contribution in [-0.4, -0.2) is 30.3 Å². The van der Waals surface area contributed by atoms with Crippen molar-refractivity contribution >= 4 is 21.1 Å². The Morgan fingerprint density at radius 2 is 2.00 bits per heavy atom. The molecule has 7 heteroatoms. The fraction of sp³-hybridized carbons (Fsp3) is 0.500. The second kappa shape index (κ2) is 6.91. The van der Waals surface area contributed by atoms with Crippen LogP contribution in [0.4, 0.5) is 0 Å². The number of hydrogen-bond donors (Lipinski definition) is 2. The molecule has 0 fully saturated rings. The smallest absolute Gasteiger partial charge is 0.306 e. The van der Waals surface area contributed by atoms with Gasteiger partial charge in [-0.15, -0.1) is 0 Å². The molecule has 0 aliphatic heterocycles. The first-order valence-corrected chi connectivity index (χ1v) is 8.83. The van der Waals surface area contributed by atoms with Crippen LogP contribution in [0.25, 0.3) is 11.0 Å². The number of nitrogens with zero attached hydrogens (tertiary/aromatic N) is 1. The van der Waals surface area contributed by atoms with E-state index in [0.717, 1.165) is 17.5 Å². The van der Waals surface area contributed by atoms with E-state index in [1.165, 1.54) is 0 Å². The SMILES string of the molecule is CCCCS(=O)(=O)NCCCn1c(=O)[nH]c2ccccc21. The lowest BCUT2D eigenvalue weighted by Gasteiger charge is -2.06. The van der Waals surface area contributed by atoms with E-state index in [1.807, 2.05) is 31.2 Å². The maximum atomic E-state index is 11.8. The molecule has 2 rings (SSSR count). The van der Waals surface area contributed by atoms with Gasteiger partial charge in [0.15, 0.2) is 0 Å². The van der Waals surface area contributed by atoms with Crippen molar-refractivity contribution < 1.29 is 8.42 Å². The van der Waals surface area contributed by atoms with Crippen molar-refractivity contribution in [1.82, 2.24) is 14.3 Å². The maximum Gasteiger partial charge on any atom is 0.326 e. The molecule has 0 saturated carbocycles. The lowest BCUT2D eigenvalue weighted by molar-refractivity contribution is 0.567. The summed E-state index contributed by atoms with van der Waals surface area (Å²) in [4.78, 5) is 14.6. The van der Waals surface area contributed by atoms with Crippen molar-refractivity contribution in [3.05, 3.63) is 34.7 Å². The highest BCUT2D eigenvalue weighted by atomic mass is 32.2. The zero-order chi connectivity index (χ0) is 15.3. The van der Waals surface area contributed by atoms with Crippen LogP contribution >= 0.6 is 0 Å². The van der Waals surface area contributed by atoms with Crippen LogP contribution in [0.3, 0.4) is 0 Å². The summed E-state index contributed by atoms with van der Waals surface area (Å²) in [6, 6.07) is 7.46. The maximum absolute atomic E-state index is 11.8. The molecule has 116 valence electrons. The van der Waals surface area contributed by atoms with Gasteiger partial charge in [0, 0.05) is 13.1 Å². The number of fused-ring (bicyclic) bond motifs is 1. The van der Waals surface area contributed by atoms with Gasteiger partial charge in [0.1, 0.15) is 0 Å². The van der Waals surface area contributed by atoms with Gasteiger partial charge in [0.25, 0.3) is 0 Å². The monoisotopic (exact) mass is 311 g/mol. The fourth-order valence-electron chi connectivity index (χ4n) is 2.20. The number of sulfonamides is 1. The Bertz CT molecular complexity index is 746. The first kappa shape index (κ1) is 15.8. The van der Waals surface area contributed by atoms with Gasteiger partial charge in [-0.2, -0.15) is 0 Å². The number of nitrogens with one attached hydrogen (secondary N) is 2. The van der Waals surface area contributed by atoms with Crippen LogP contribution in [-0.2, 0) is 16.6 Å². The number of unbranched alkanes of at least 4 members (excludes halogenated alkanes) is 1. The van der Waals surface area contributed by atoms with E-state index < -0.39 is 10.0 Å². The van der Waals surface area contributed by atoms with E-state index >= 15 is 0 Å². The Balaban J connectivity index is 1.91. The summed E-state index contributed by atoms with van der Waals surface area (Å²) >= 11 is 0. The van der Waals surface area contributed by atoms with Crippen LogP contribution in [0.2, 0.25) is 0 Å². The minimum absolute atomic E-state index is 0.162. The number of H-pyrrole nitrogens is 1. The number of aromatic nitrogens is 2. The molecule has 1 aromatic carbocycles. The second-order valence-corrected chi connectivity index (χ2v) is 6.95. The van der Waals surface area contributed by atoms with Crippen molar-refractivity contribution in [2.24, 2.45) is 0 Å². The molecule has 0 atom stereocenters. The first-order valence-electron chi connectivity index (χ1n) is 7.18. The third-order valence-corrected chi connectivity index (χ3v) is 4.80. The predicted octanol–water partition coefficient (Wildman–Crippen LogP) is 1.44. The molecule has 0 bridgehead atoms. The molecule has 1 aromatic heterocycles. The standard InChI is InChI=1S/C14H21N3O3S/c1-2-3-11-21(19,20)15-9-6-10-17-13-8-5-4-7-12(13)16-14(17)18/h4-5,7-8,15H,2-3,6,9-11H2,1H3,(H,16,18). The molecule has 0 amide bonds. The molecule has 2 N–H and O–H groups in total. The van der Waals surface area contributed by atoms with Gasteiger partial charge < -0.3 is 4.98 Å². The van der Waals surface area contributed by atoms with Crippen molar-refractivity contribution in [2.45, 2.75) is 32.7 Å². The molecule has 21 heavy (non-hydrogen) atoms. The largest absolute Gasteiger partial charge is 0.326 e. The molecule has 0 spiro atoms. The first-order chi connectivity index (χ1) is 10.0. The van der Waals surface area contributed by atoms with Gasteiger partial charge in [0.05, 0.1) is 16.8 Å². The van der Waals surface area contributed by atoms with Crippen molar-refractivity contribution in [1.29, 1.82) is 0 Å². The average Bonchev–Trinajstić information content (AvgIpc) is 2.77. The zero-order valence-corrected chi connectivity index (χ0v) is 12.9. The van der Waals surface area contributed by atoms with Crippen LogP contribution < -0.4 is 10.4 Å². The Kier molecular flexibility index (Phi) is 5.19. The highest BCUT2D eigenvalue weighted by Gasteiger charge is 2.09. The van der Waals surface area contributed by atoms with E-state index in [2.05, 4.69) is 9.71 Å². The Morgan fingerprint density at radius 1 is 1.24 bits per heavy atom. The summed E-state index contributed by atoms with van der Waals surface area (Å²) in [5.41, 5.74) is 1.48. The molecule has 0 aliphatic carbocycles. The molecule has 1 heterocycles. The summed E-state index contributed by atoms with van der Waals surface area (Å²) in [5, 5.41) is 0. The van der Waals surface area contributed by atoms with Gasteiger partial charge in [-0.25, -0.2) is 17.9 Å². The predicted molar refractivity (Wildman–Crippen MR) is 83.9 cm³/mol. The number of rotatable bonds is 8. The van der Waals surface area contributed by atoms with Gasteiger partial charge in [-0.05, 0) is 25.0 Å². The topological polar surface area (TPSA) is 84.0 Å². The third kappa shape index (κ3) is 4.18. The molecule has 2 aromatic rings. The van der Waals surface area contributed by atoms with Gasteiger partial charge in [-0.1, -0.05) is 25.5 Å². The molecule has 0 saturated heterocycles. The Hall–Kier alpha value is -1.60. The van der Waals surface area contributed by atoms with E-state index in [-0.39, 0.29) is 11.4 Å². The fourth-order valence-corrected chi connectivity index (χ4v) is 3.47. The van der Waals surface area contributed by atoms with E-state index in [0.29, 0.717) is 25.9 Å². The van der Waals surface area contributed by atoms with Gasteiger partial charge >= 0.3 is 5.69 Å². The molecule has 0 radical (unpaired) electrons. The number of imidazole rings is 1. The Morgan fingerprint density at radius 3 is 2.76 bits per heavy atom. The van der Waals surface area contributed by atoms with E-state index in [9.17, 15) is 13.2 Å². The summed E-state index contributed by atoms with van der Waals surface area (Å²) in [6.45, 7) is 2.79. The number of para-hydroxylation sites is 2. The summed E-state index contributed by atoms with van der Waals surface area (Å²) in [5.74, 6) is 0.163. The van der Waals surface area contributed by atoms with Crippen LogP contribution in [0.1, 0.15) is 26.2 Å². The van der Waals surface area contributed by atoms with Crippen LogP contribution in [0.5, 0.6) is 0 Å². The molecule has 0 aliphatic rings. The summed E-state index contributed by atoms with van der Waals surface area (Å²) in [6.07, 6.45) is 2.09. The summed E-state index contributed by atoms with van der Waals surface area (Å²) in [7, 11) is -3.18. The number of benzene rings is 1. The second-order valence-electron chi connectivity index (χ2n) is 5.02. The van der Waals surface area contributed by atoms with Crippen LogP contribution in [0, 0.1) is 0 Å². The van der Waals surface area contributed by atoms with E-state index in [1.54, 1.807) is 4.57 Å². The molecule has 6 nitrogen and oxygen atoms in total. The Labute approximate surface area is 124 Å². The van der Waals surface area contributed by atoms with Crippen molar-refractivity contribution in [3.63, 3.8) is 0 Å². The van der Waals surface area contributed by atoms with Crippen LogP contribution in [0.15, 0.2) is 29.1 Å². The highest BCUT2D eigenvalue weighted by Crippen LogP contribution is 2.09.